The highest BCUT2D eigenvalue weighted by Gasteiger charge is 2.28. The fraction of sp³-hybridized carbons (Fsp3) is 0.733. The third-order valence-electron chi connectivity index (χ3n) is 3.78. The monoisotopic (exact) mass is 262 g/mol. The summed E-state index contributed by atoms with van der Waals surface area (Å²) in [7, 11) is 1.94. The molecule has 19 heavy (non-hydrogen) atoms. The van der Waals surface area contributed by atoms with Crippen molar-refractivity contribution < 1.29 is 0 Å². The first-order chi connectivity index (χ1) is 9.21. The van der Waals surface area contributed by atoms with E-state index in [4.69, 9.17) is 4.98 Å². The second-order valence-corrected chi connectivity index (χ2v) is 5.34. The fourth-order valence-electron chi connectivity index (χ4n) is 2.36. The Kier molecular flexibility index (Phi) is 4.61. The molecule has 1 aliphatic carbocycles. The predicted octanol–water partition coefficient (Wildman–Crippen LogP) is 3.33. The van der Waals surface area contributed by atoms with Crippen LogP contribution >= 0.6 is 0 Å². The van der Waals surface area contributed by atoms with E-state index in [1.165, 1.54) is 31.2 Å². The lowest BCUT2D eigenvalue weighted by Gasteiger charge is -2.25. The van der Waals surface area contributed by atoms with Crippen LogP contribution in [0.4, 0.5) is 11.6 Å². The van der Waals surface area contributed by atoms with Crippen LogP contribution < -0.4 is 10.2 Å². The van der Waals surface area contributed by atoms with Gasteiger partial charge in [0.2, 0.25) is 0 Å². The molecule has 0 spiro atoms. The predicted molar refractivity (Wildman–Crippen MR) is 81.1 cm³/mol. The summed E-state index contributed by atoms with van der Waals surface area (Å²) in [5, 5.41) is 3.22. The van der Waals surface area contributed by atoms with Gasteiger partial charge in [-0.15, -0.1) is 0 Å². The minimum absolute atomic E-state index is 0.594. The summed E-state index contributed by atoms with van der Waals surface area (Å²) in [4.78, 5) is 11.9. The number of anilines is 2. The van der Waals surface area contributed by atoms with Crippen molar-refractivity contribution in [3.8, 4) is 0 Å². The van der Waals surface area contributed by atoms with Gasteiger partial charge < -0.3 is 10.2 Å². The Hall–Kier alpha value is -1.32. The Morgan fingerprint density at radius 1 is 1.26 bits per heavy atom. The van der Waals surface area contributed by atoms with Gasteiger partial charge in [0.1, 0.15) is 17.5 Å². The molecule has 4 nitrogen and oxygen atoms in total. The highest BCUT2D eigenvalue weighted by atomic mass is 15.2. The van der Waals surface area contributed by atoms with Crippen molar-refractivity contribution in [3.05, 3.63) is 11.4 Å². The quantitative estimate of drug-likeness (QED) is 0.818. The SMILES string of the molecule is CCCCN(CC)c1nc(C2CC2)nc(NC)c1C. The lowest BCUT2D eigenvalue weighted by molar-refractivity contribution is 0.716. The van der Waals surface area contributed by atoms with E-state index in [9.17, 15) is 0 Å². The van der Waals surface area contributed by atoms with Gasteiger partial charge in [0.05, 0.1) is 0 Å². The molecule has 0 saturated heterocycles. The summed E-state index contributed by atoms with van der Waals surface area (Å²) < 4.78 is 0. The van der Waals surface area contributed by atoms with E-state index in [0.717, 1.165) is 30.5 Å². The molecule has 0 bridgehead atoms. The maximum Gasteiger partial charge on any atom is 0.137 e. The maximum absolute atomic E-state index is 4.84. The highest BCUT2D eigenvalue weighted by molar-refractivity contribution is 5.58. The summed E-state index contributed by atoms with van der Waals surface area (Å²) in [5.74, 6) is 3.73. The lowest BCUT2D eigenvalue weighted by atomic mass is 10.2. The van der Waals surface area contributed by atoms with Gasteiger partial charge in [-0.25, -0.2) is 9.97 Å². The van der Waals surface area contributed by atoms with E-state index >= 15 is 0 Å². The van der Waals surface area contributed by atoms with Crippen molar-refractivity contribution in [2.75, 3.05) is 30.4 Å². The van der Waals surface area contributed by atoms with Gasteiger partial charge in [-0.05, 0) is 33.1 Å². The lowest BCUT2D eigenvalue weighted by Crippen LogP contribution is -2.26. The molecular formula is C15H26N4. The molecule has 1 aromatic heterocycles. The van der Waals surface area contributed by atoms with Gasteiger partial charge in [0.25, 0.3) is 0 Å². The van der Waals surface area contributed by atoms with Crippen molar-refractivity contribution in [3.63, 3.8) is 0 Å². The van der Waals surface area contributed by atoms with Gasteiger partial charge in [-0.2, -0.15) is 0 Å². The zero-order valence-electron chi connectivity index (χ0n) is 12.7. The third-order valence-corrected chi connectivity index (χ3v) is 3.78. The van der Waals surface area contributed by atoms with Crippen LogP contribution in [0.3, 0.4) is 0 Å². The van der Waals surface area contributed by atoms with Crippen LogP contribution in [0, 0.1) is 6.92 Å². The molecule has 106 valence electrons. The number of nitrogens with zero attached hydrogens (tertiary/aromatic N) is 3. The first-order valence-electron chi connectivity index (χ1n) is 7.52. The van der Waals surface area contributed by atoms with Crippen molar-refractivity contribution in [2.45, 2.75) is 52.4 Å². The summed E-state index contributed by atoms with van der Waals surface area (Å²) >= 11 is 0. The zero-order chi connectivity index (χ0) is 13.8. The Morgan fingerprint density at radius 2 is 2.00 bits per heavy atom. The van der Waals surface area contributed by atoms with Crippen molar-refractivity contribution in [2.24, 2.45) is 0 Å². The molecule has 1 heterocycles. The Labute approximate surface area is 116 Å². The highest BCUT2D eigenvalue weighted by Crippen LogP contribution is 2.40. The molecule has 1 saturated carbocycles. The summed E-state index contributed by atoms with van der Waals surface area (Å²) in [6.45, 7) is 8.64. The normalized spacial score (nSPS) is 14.5. The molecule has 2 rings (SSSR count). The molecule has 1 N–H and O–H groups in total. The molecule has 0 aromatic carbocycles. The Bertz CT molecular complexity index is 426. The van der Waals surface area contributed by atoms with Gasteiger partial charge in [0, 0.05) is 31.6 Å². The molecule has 1 aliphatic rings. The Balaban J connectivity index is 2.32. The Morgan fingerprint density at radius 3 is 2.53 bits per heavy atom. The van der Waals surface area contributed by atoms with Gasteiger partial charge >= 0.3 is 0 Å². The minimum Gasteiger partial charge on any atom is -0.373 e. The van der Waals surface area contributed by atoms with E-state index in [-0.39, 0.29) is 0 Å². The van der Waals surface area contributed by atoms with E-state index in [2.05, 4.69) is 36.0 Å². The molecule has 0 atom stereocenters. The topological polar surface area (TPSA) is 41.1 Å². The molecule has 1 fully saturated rings. The van der Waals surface area contributed by atoms with Crippen LogP contribution in [0.2, 0.25) is 0 Å². The van der Waals surface area contributed by atoms with Crippen molar-refractivity contribution >= 4 is 11.6 Å². The van der Waals surface area contributed by atoms with Gasteiger partial charge in [-0.1, -0.05) is 13.3 Å². The minimum atomic E-state index is 0.594. The number of unbranched alkanes of at least 4 members (excludes halogenated alkanes) is 1. The first-order valence-corrected chi connectivity index (χ1v) is 7.52. The van der Waals surface area contributed by atoms with Crippen molar-refractivity contribution in [1.29, 1.82) is 0 Å². The smallest absolute Gasteiger partial charge is 0.137 e. The average molecular weight is 262 g/mol. The van der Waals surface area contributed by atoms with Crippen LogP contribution in [-0.4, -0.2) is 30.1 Å². The number of hydrogen-bond donors (Lipinski definition) is 1. The van der Waals surface area contributed by atoms with Crippen molar-refractivity contribution in [1.82, 2.24) is 9.97 Å². The summed E-state index contributed by atoms with van der Waals surface area (Å²) in [5.41, 5.74) is 1.17. The van der Waals surface area contributed by atoms with Crippen LogP contribution in [-0.2, 0) is 0 Å². The molecular weight excluding hydrogens is 236 g/mol. The largest absolute Gasteiger partial charge is 0.373 e. The van der Waals surface area contributed by atoms with Gasteiger partial charge in [-0.3, -0.25) is 0 Å². The standard InChI is InChI=1S/C15H26N4/c1-5-7-10-19(6-2)15-11(3)13(16-4)17-14(18-15)12-8-9-12/h12H,5-10H2,1-4H3,(H,16,17,18). The molecule has 0 unspecified atom stereocenters. The molecule has 0 amide bonds. The van der Waals surface area contributed by atoms with Crippen LogP contribution in [0.1, 0.15) is 56.8 Å². The fourth-order valence-corrected chi connectivity index (χ4v) is 2.36. The van der Waals surface area contributed by atoms with Crippen LogP contribution in [0.15, 0.2) is 0 Å². The molecule has 4 heteroatoms. The maximum atomic E-state index is 4.84. The number of rotatable bonds is 7. The second kappa shape index (κ2) is 6.22. The van der Waals surface area contributed by atoms with E-state index in [0.29, 0.717) is 5.92 Å². The first kappa shape index (κ1) is 14.1. The van der Waals surface area contributed by atoms with Crippen LogP contribution in [0.5, 0.6) is 0 Å². The molecule has 0 radical (unpaired) electrons. The summed E-state index contributed by atoms with van der Waals surface area (Å²) in [6.07, 6.45) is 4.92. The van der Waals surface area contributed by atoms with Gasteiger partial charge in [0.15, 0.2) is 0 Å². The zero-order valence-corrected chi connectivity index (χ0v) is 12.7. The number of aromatic nitrogens is 2. The summed E-state index contributed by atoms with van der Waals surface area (Å²) in [6, 6.07) is 0. The number of hydrogen-bond acceptors (Lipinski definition) is 4. The van der Waals surface area contributed by atoms with E-state index < -0.39 is 0 Å². The third kappa shape index (κ3) is 3.17. The van der Waals surface area contributed by atoms with E-state index in [1.54, 1.807) is 0 Å². The molecule has 1 aromatic rings. The number of nitrogens with one attached hydrogen (secondary N) is 1. The average Bonchev–Trinajstić information content (AvgIpc) is 3.25. The van der Waals surface area contributed by atoms with E-state index in [1.807, 2.05) is 7.05 Å². The molecule has 0 aliphatic heterocycles. The second-order valence-electron chi connectivity index (χ2n) is 5.34. The van der Waals surface area contributed by atoms with Crippen LogP contribution in [0.25, 0.3) is 0 Å².